The van der Waals surface area contributed by atoms with Gasteiger partial charge in [-0.1, -0.05) is 25.1 Å². The molecule has 1 fully saturated rings. The van der Waals surface area contributed by atoms with Crippen LogP contribution in [0.1, 0.15) is 25.3 Å². The van der Waals surface area contributed by atoms with Crippen LogP contribution < -0.4 is 0 Å². The second-order valence-corrected chi connectivity index (χ2v) is 5.36. The first-order valence-corrected chi connectivity index (χ1v) is 6.39. The first kappa shape index (κ1) is 12.4. The standard InChI is InChI=1S/C13H16ClNO2/c1-9(10-6-7-10)12(14)8-11-4-2-3-5-13(11)15(16)17/h2-5,9-10,12H,6-8H2,1H3. The van der Waals surface area contributed by atoms with E-state index in [1.165, 1.54) is 12.8 Å². The van der Waals surface area contributed by atoms with Gasteiger partial charge in [0.1, 0.15) is 0 Å². The average Bonchev–Trinajstić information content (AvgIpc) is 3.12. The van der Waals surface area contributed by atoms with Crippen LogP contribution in [0.5, 0.6) is 0 Å². The predicted octanol–water partition coefficient (Wildman–Crippen LogP) is 3.79. The van der Waals surface area contributed by atoms with Crippen LogP contribution in [0.25, 0.3) is 0 Å². The minimum Gasteiger partial charge on any atom is -0.258 e. The Labute approximate surface area is 106 Å². The molecular weight excluding hydrogens is 238 g/mol. The first-order valence-electron chi connectivity index (χ1n) is 5.96. The number of rotatable bonds is 5. The van der Waals surface area contributed by atoms with Gasteiger partial charge in [0.2, 0.25) is 0 Å². The van der Waals surface area contributed by atoms with Crippen molar-refractivity contribution in [2.45, 2.75) is 31.6 Å². The molecule has 1 aliphatic carbocycles. The largest absolute Gasteiger partial charge is 0.272 e. The summed E-state index contributed by atoms with van der Waals surface area (Å²) in [4.78, 5) is 10.5. The molecule has 0 N–H and O–H groups in total. The molecule has 1 aromatic carbocycles. The summed E-state index contributed by atoms with van der Waals surface area (Å²) in [5.41, 5.74) is 0.922. The highest BCUT2D eigenvalue weighted by Crippen LogP contribution is 2.40. The molecule has 0 spiro atoms. The Morgan fingerprint density at radius 1 is 1.47 bits per heavy atom. The van der Waals surface area contributed by atoms with E-state index in [1.54, 1.807) is 18.2 Å². The summed E-state index contributed by atoms with van der Waals surface area (Å²) < 4.78 is 0. The van der Waals surface area contributed by atoms with E-state index < -0.39 is 0 Å². The fourth-order valence-corrected chi connectivity index (χ4v) is 2.55. The minimum absolute atomic E-state index is 0.0106. The molecule has 0 radical (unpaired) electrons. The summed E-state index contributed by atoms with van der Waals surface area (Å²) in [5, 5.41) is 10.9. The summed E-state index contributed by atoms with van der Waals surface area (Å²) in [7, 11) is 0. The second kappa shape index (κ2) is 5.05. The van der Waals surface area contributed by atoms with Crippen molar-refractivity contribution in [1.82, 2.24) is 0 Å². The van der Waals surface area contributed by atoms with Crippen molar-refractivity contribution in [1.29, 1.82) is 0 Å². The van der Waals surface area contributed by atoms with Gasteiger partial charge in [-0.25, -0.2) is 0 Å². The molecule has 2 rings (SSSR count). The lowest BCUT2D eigenvalue weighted by Crippen LogP contribution is -2.16. The lowest BCUT2D eigenvalue weighted by molar-refractivity contribution is -0.385. The SMILES string of the molecule is CC(C(Cl)Cc1ccccc1[N+](=O)[O-])C1CC1. The lowest BCUT2D eigenvalue weighted by Gasteiger charge is -2.17. The van der Waals surface area contributed by atoms with E-state index >= 15 is 0 Å². The molecular formula is C13H16ClNO2. The Morgan fingerprint density at radius 2 is 2.12 bits per heavy atom. The maximum atomic E-state index is 10.9. The Balaban J connectivity index is 2.09. The zero-order valence-corrected chi connectivity index (χ0v) is 10.6. The molecule has 2 atom stereocenters. The molecule has 1 aliphatic rings. The molecule has 1 aromatic rings. The Bertz CT molecular complexity index is 418. The second-order valence-electron chi connectivity index (χ2n) is 4.80. The Hall–Kier alpha value is -1.09. The van der Waals surface area contributed by atoms with Crippen molar-refractivity contribution in [2.24, 2.45) is 11.8 Å². The van der Waals surface area contributed by atoms with E-state index in [-0.39, 0.29) is 16.0 Å². The van der Waals surface area contributed by atoms with E-state index in [0.717, 1.165) is 11.5 Å². The smallest absolute Gasteiger partial charge is 0.258 e. The minimum atomic E-state index is -0.333. The van der Waals surface area contributed by atoms with E-state index in [4.69, 9.17) is 11.6 Å². The van der Waals surface area contributed by atoms with Gasteiger partial charge in [0, 0.05) is 17.0 Å². The lowest BCUT2D eigenvalue weighted by atomic mass is 9.96. The van der Waals surface area contributed by atoms with Crippen molar-refractivity contribution in [2.75, 3.05) is 0 Å². The van der Waals surface area contributed by atoms with Crippen molar-refractivity contribution in [3.05, 3.63) is 39.9 Å². The number of nitro groups is 1. The number of alkyl halides is 1. The summed E-state index contributed by atoms with van der Waals surface area (Å²) in [6.45, 7) is 2.14. The summed E-state index contributed by atoms with van der Waals surface area (Å²) in [5.74, 6) is 1.16. The van der Waals surface area contributed by atoms with Gasteiger partial charge < -0.3 is 0 Å². The molecule has 2 unspecified atom stereocenters. The van der Waals surface area contributed by atoms with E-state index in [0.29, 0.717) is 12.3 Å². The molecule has 0 aromatic heterocycles. The van der Waals surface area contributed by atoms with Gasteiger partial charge >= 0.3 is 0 Å². The summed E-state index contributed by atoms with van der Waals surface area (Å²) >= 11 is 6.35. The number of halogens is 1. The highest BCUT2D eigenvalue weighted by molar-refractivity contribution is 6.21. The highest BCUT2D eigenvalue weighted by atomic mass is 35.5. The maximum absolute atomic E-state index is 10.9. The Morgan fingerprint density at radius 3 is 2.71 bits per heavy atom. The summed E-state index contributed by atoms with van der Waals surface area (Å²) in [6.07, 6.45) is 3.08. The maximum Gasteiger partial charge on any atom is 0.272 e. The third-order valence-electron chi connectivity index (χ3n) is 3.54. The number of nitrogens with zero attached hydrogens (tertiary/aromatic N) is 1. The van der Waals surface area contributed by atoms with E-state index in [2.05, 4.69) is 6.92 Å². The molecule has 0 saturated heterocycles. The van der Waals surface area contributed by atoms with Crippen molar-refractivity contribution >= 4 is 17.3 Å². The first-order chi connectivity index (χ1) is 8.09. The molecule has 0 bridgehead atoms. The van der Waals surface area contributed by atoms with E-state index in [1.807, 2.05) is 6.07 Å². The van der Waals surface area contributed by atoms with Crippen LogP contribution in [0, 0.1) is 22.0 Å². The summed E-state index contributed by atoms with van der Waals surface area (Å²) in [6, 6.07) is 6.86. The number of benzene rings is 1. The van der Waals surface area contributed by atoms with Gasteiger partial charge in [-0.3, -0.25) is 10.1 Å². The van der Waals surface area contributed by atoms with Gasteiger partial charge in [-0.2, -0.15) is 0 Å². The third kappa shape index (κ3) is 2.97. The predicted molar refractivity (Wildman–Crippen MR) is 68.3 cm³/mol. The van der Waals surface area contributed by atoms with Gasteiger partial charge in [0.25, 0.3) is 5.69 Å². The van der Waals surface area contributed by atoms with Gasteiger partial charge in [0.15, 0.2) is 0 Å². The zero-order valence-electron chi connectivity index (χ0n) is 9.80. The molecule has 0 amide bonds. The van der Waals surface area contributed by atoms with Crippen LogP contribution in [-0.2, 0) is 6.42 Å². The average molecular weight is 254 g/mol. The topological polar surface area (TPSA) is 43.1 Å². The third-order valence-corrected chi connectivity index (χ3v) is 4.09. The fourth-order valence-electron chi connectivity index (χ4n) is 2.17. The fraction of sp³-hybridized carbons (Fsp3) is 0.538. The molecule has 0 aliphatic heterocycles. The molecule has 0 heterocycles. The van der Waals surface area contributed by atoms with Crippen LogP contribution in [0.3, 0.4) is 0 Å². The van der Waals surface area contributed by atoms with Crippen LogP contribution >= 0.6 is 11.6 Å². The zero-order chi connectivity index (χ0) is 12.4. The molecule has 92 valence electrons. The van der Waals surface area contributed by atoms with Crippen LogP contribution in [0.15, 0.2) is 24.3 Å². The monoisotopic (exact) mass is 253 g/mol. The van der Waals surface area contributed by atoms with Crippen LogP contribution in [-0.4, -0.2) is 10.3 Å². The van der Waals surface area contributed by atoms with Crippen LogP contribution in [0.4, 0.5) is 5.69 Å². The van der Waals surface area contributed by atoms with E-state index in [9.17, 15) is 10.1 Å². The van der Waals surface area contributed by atoms with Gasteiger partial charge in [-0.05, 0) is 31.1 Å². The molecule has 17 heavy (non-hydrogen) atoms. The Kier molecular flexibility index (Phi) is 3.67. The number of para-hydroxylation sites is 1. The molecule has 1 saturated carbocycles. The van der Waals surface area contributed by atoms with Crippen molar-refractivity contribution in [3.8, 4) is 0 Å². The highest BCUT2D eigenvalue weighted by Gasteiger charge is 2.33. The quantitative estimate of drug-likeness (QED) is 0.455. The number of hydrogen-bond acceptors (Lipinski definition) is 2. The molecule has 3 nitrogen and oxygen atoms in total. The van der Waals surface area contributed by atoms with Crippen molar-refractivity contribution < 1.29 is 4.92 Å². The number of nitro benzene ring substituents is 1. The van der Waals surface area contributed by atoms with Gasteiger partial charge in [0.05, 0.1) is 4.92 Å². The number of hydrogen-bond donors (Lipinski definition) is 0. The van der Waals surface area contributed by atoms with Gasteiger partial charge in [-0.15, -0.1) is 11.6 Å². The normalized spacial score (nSPS) is 18.7. The molecule has 4 heteroatoms. The van der Waals surface area contributed by atoms with Crippen LogP contribution in [0.2, 0.25) is 0 Å². The van der Waals surface area contributed by atoms with Crippen molar-refractivity contribution in [3.63, 3.8) is 0 Å².